The molecule has 0 unspecified atom stereocenters. The third-order valence-corrected chi connectivity index (χ3v) is 3.52. The fourth-order valence-corrected chi connectivity index (χ4v) is 2.35. The second-order valence-corrected chi connectivity index (χ2v) is 4.92. The van der Waals surface area contributed by atoms with Gasteiger partial charge < -0.3 is 11.1 Å². The first kappa shape index (κ1) is 13.0. The predicted molar refractivity (Wildman–Crippen MR) is 68.2 cm³/mol. The number of nitriles is 1. The molecule has 2 rings (SSSR count). The lowest BCUT2D eigenvalue weighted by Crippen LogP contribution is -2.37. The maximum absolute atomic E-state index is 13.2. The highest BCUT2D eigenvalue weighted by Gasteiger charge is 2.17. The Labute approximate surface area is 107 Å². The second-order valence-electron chi connectivity index (χ2n) is 4.92. The van der Waals surface area contributed by atoms with E-state index in [-0.39, 0.29) is 5.56 Å². The van der Waals surface area contributed by atoms with E-state index in [0.29, 0.717) is 18.6 Å². The summed E-state index contributed by atoms with van der Waals surface area (Å²) < 4.78 is 13.2. The van der Waals surface area contributed by atoms with Crippen molar-refractivity contribution >= 4 is 0 Å². The van der Waals surface area contributed by atoms with Crippen molar-refractivity contribution in [1.29, 1.82) is 5.26 Å². The molecule has 0 radical (unpaired) electrons. The average Bonchev–Trinajstić information content (AvgIpc) is 2.39. The van der Waals surface area contributed by atoms with Crippen LogP contribution in [0.5, 0.6) is 0 Å². The number of benzene rings is 1. The maximum atomic E-state index is 13.2. The Hall–Kier alpha value is -1.44. The summed E-state index contributed by atoms with van der Waals surface area (Å²) in [5, 5.41) is 12.2. The van der Waals surface area contributed by atoms with Gasteiger partial charge in [0, 0.05) is 18.6 Å². The fraction of sp³-hybridized carbons (Fsp3) is 0.500. The van der Waals surface area contributed by atoms with Crippen LogP contribution in [0.2, 0.25) is 0 Å². The third-order valence-electron chi connectivity index (χ3n) is 3.52. The molecule has 1 saturated carbocycles. The van der Waals surface area contributed by atoms with Crippen molar-refractivity contribution in [1.82, 2.24) is 5.32 Å². The summed E-state index contributed by atoms with van der Waals surface area (Å²) >= 11 is 0. The molecule has 0 aromatic heterocycles. The summed E-state index contributed by atoms with van der Waals surface area (Å²) in [7, 11) is 0. The zero-order valence-electron chi connectivity index (χ0n) is 10.3. The number of hydrogen-bond acceptors (Lipinski definition) is 3. The molecule has 0 aliphatic heterocycles. The molecular formula is C14H18FN3. The Morgan fingerprint density at radius 1 is 1.33 bits per heavy atom. The number of halogens is 1. The Morgan fingerprint density at radius 3 is 2.72 bits per heavy atom. The van der Waals surface area contributed by atoms with Gasteiger partial charge in [-0.3, -0.25) is 0 Å². The van der Waals surface area contributed by atoms with Crippen molar-refractivity contribution in [2.24, 2.45) is 5.73 Å². The summed E-state index contributed by atoms with van der Waals surface area (Å²) in [6, 6.07) is 7.37. The molecule has 1 aliphatic carbocycles. The smallest absolute Gasteiger partial charge is 0.140 e. The van der Waals surface area contributed by atoms with E-state index < -0.39 is 5.82 Å². The van der Waals surface area contributed by atoms with Gasteiger partial charge in [0.25, 0.3) is 0 Å². The quantitative estimate of drug-likeness (QED) is 0.859. The normalized spacial score (nSPS) is 23.6. The van der Waals surface area contributed by atoms with E-state index in [1.807, 2.05) is 6.07 Å². The summed E-state index contributed by atoms with van der Waals surface area (Å²) in [6.07, 6.45) is 4.30. The van der Waals surface area contributed by atoms with Gasteiger partial charge >= 0.3 is 0 Å². The Kier molecular flexibility index (Phi) is 4.29. The SMILES string of the molecule is N#Cc1cc(CNC2CCC(N)CC2)ccc1F. The van der Waals surface area contributed by atoms with E-state index in [4.69, 9.17) is 11.0 Å². The zero-order chi connectivity index (χ0) is 13.0. The van der Waals surface area contributed by atoms with Crippen LogP contribution in [0.1, 0.15) is 36.8 Å². The van der Waals surface area contributed by atoms with Crippen LogP contribution in [0.4, 0.5) is 4.39 Å². The lowest BCUT2D eigenvalue weighted by atomic mass is 9.92. The minimum absolute atomic E-state index is 0.111. The lowest BCUT2D eigenvalue weighted by molar-refractivity contribution is 0.342. The molecule has 1 aromatic carbocycles. The molecule has 1 aromatic rings. The minimum atomic E-state index is -0.454. The number of nitrogens with zero attached hydrogens (tertiary/aromatic N) is 1. The lowest BCUT2D eigenvalue weighted by Gasteiger charge is -2.27. The summed E-state index contributed by atoms with van der Waals surface area (Å²) in [6.45, 7) is 0.675. The number of nitrogens with one attached hydrogen (secondary N) is 1. The van der Waals surface area contributed by atoms with Crippen LogP contribution < -0.4 is 11.1 Å². The van der Waals surface area contributed by atoms with Gasteiger partial charge in [0.2, 0.25) is 0 Å². The standard InChI is InChI=1S/C14H18FN3/c15-14-6-1-10(7-11(14)8-16)9-18-13-4-2-12(17)3-5-13/h1,6-7,12-13,18H,2-5,9,17H2. The van der Waals surface area contributed by atoms with Crippen LogP contribution in [-0.4, -0.2) is 12.1 Å². The summed E-state index contributed by atoms with van der Waals surface area (Å²) in [5.41, 5.74) is 6.91. The molecule has 0 heterocycles. The van der Waals surface area contributed by atoms with Gasteiger partial charge in [0.15, 0.2) is 0 Å². The first-order valence-corrected chi connectivity index (χ1v) is 6.36. The van der Waals surface area contributed by atoms with Crippen molar-refractivity contribution in [2.75, 3.05) is 0 Å². The van der Waals surface area contributed by atoms with Crippen molar-refractivity contribution < 1.29 is 4.39 Å². The minimum Gasteiger partial charge on any atom is -0.328 e. The number of nitrogens with two attached hydrogens (primary N) is 1. The highest BCUT2D eigenvalue weighted by Crippen LogP contribution is 2.17. The number of hydrogen-bond donors (Lipinski definition) is 2. The van der Waals surface area contributed by atoms with Crippen LogP contribution in [0, 0.1) is 17.1 Å². The Balaban J connectivity index is 1.89. The van der Waals surface area contributed by atoms with Crippen LogP contribution in [0.15, 0.2) is 18.2 Å². The molecule has 0 atom stereocenters. The highest BCUT2D eigenvalue weighted by atomic mass is 19.1. The van der Waals surface area contributed by atoms with E-state index in [2.05, 4.69) is 5.32 Å². The molecule has 96 valence electrons. The van der Waals surface area contributed by atoms with Gasteiger partial charge in [-0.2, -0.15) is 5.26 Å². The van der Waals surface area contributed by atoms with E-state index in [1.54, 1.807) is 12.1 Å². The van der Waals surface area contributed by atoms with E-state index in [9.17, 15) is 4.39 Å². The molecular weight excluding hydrogens is 229 g/mol. The fourth-order valence-electron chi connectivity index (χ4n) is 2.35. The van der Waals surface area contributed by atoms with E-state index >= 15 is 0 Å². The maximum Gasteiger partial charge on any atom is 0.140 e. The first-order valence-electron chi connectivity index (χ1n) is 6.36. The second kappa shape index (κ2) is 5.94. The molecule has 4 heteroatoms. The van der Waals surface area contributed by atoms with Crippen molar-refractivity contribution in [3.8, 4) is 6.07 Å². The molecule has 0 spiro atoms. The van der Waals surface area contributed by atoms with Crippen molar-refractivity contribution in [2.45, 2.75) is 44.3 Å². The van der Waals surface area contributed by atoms with Gasteiger partial charge in [-0.25, -0.2) is 4.39 Å². The molecule has 1 aliphatic rings. The molecule has 0 bridgehead atoms. The van der Waals surface area contributed by atoms with Gasteiger partial charge in [-0.1, -0.05) is 6.07 Å². The molecule has 1 fully saturated rings. The predicted octanol–water partition coefficient (Wildman–Crippen LogP) is 2.06. The van der Waals surface area contributed by atoms with Crippen LogP contribution in [0.25, 0.3) is 0 Å². The number of rotatable bonds is 3. The largest absolute Gasteiger partial charge is 0.328 e. The topological polar surface area (TPSA) is 61.8 Å². The summed E-state index contributed by atoms with van der Waals surface area (Å²) in [5.74, 6) is -0.454. The molecule has 0 amide bonds. The Morgan fingerprint density at radius 2 is 2.06 bits per heavy atom. The molecule has 3 N–H and O–H groups in total. The van der Waals surface area contributed by atoms with Gasteiger partial charge in [-0.15, -0.1) is 0 Å². The van der Waals surface area contributed by atoms with E-state index in [0.717, 1.165) is 31.2 Å². The van der Waals surface area contributed by atoms with E-state index in [1.165, 1.54) is 6.07 Å². The molecule has 0 saturated heterocycles. The third kappa shape index (κ3) is 3.28. The van der Waals surface area contributed by atoms with Gasteiger partial charge in [-0.05, 0) is 43.4 Å². The van der Waals surface area contributed by atoms with Crippen molar-refractivity contribution in [3.63, 3.8) is 0 Å². The average molecular weight is 247 g/mol. The molecule has 3 nitrogen and oxygen atoms in total. The zero-order valence-corrected chi connectivity index (χ0v) is 10.3. The molecule has 18 heavy (non-hydrogen) atoms. The van der Waals surface area contributed by atoms with Gasteiger partial charge in [0.1, 0.15) is 11.9 Å². The van der Waals surface area contributed by atoms with Gasteiger partial charge in [0.05, 0.1) is 5.56 Å². The van der Waals surface area contributed by atoms with Crippen LogP contribution in [0.3, 0.4) is 0 Å². The van der Waals surface area contributed by atoms with Crippen LogP contribution >= 0.6 is 0 Å². The summed E-state index contributed by atoms with van der Waals surface area (Å²) in [4.78, 5) is 0. The highest BCUT2D eigenvalue weighted by molar-refractivity contribution is 5.34. The van der Waals surface area contributed by atoms with Crippen molar-refractivity contribution in [3.05, 3.63) is 35.1 Å². The Bertz CT molecular complexity index is 445. The monoisotopic (exact) mass is 247 g/mol. The van der Waals surface area contributed by atoms with Crippen LogP contribution in [-0.2, 0) is 6.54 Å². The first-order chi connectivity index (χ1) is 8.69.